The van der Waals surface area contributed by atoms with Gasteiger partial charge >= 0.3 is 0 Å². The summed E-state index contributed by atoms with van der Waals surface area (Å²) in [6.07, 6.45) is -0.490. The van der Waals surface area contributed by atoms with Crippen LogP contribution in [-0.2, 0) is 9.47 Å². The highest BCUT2D eigenvalue weighted by Crippen LogP contribution is 2.34. The van der Waals surface area contributed by atoms with Crippen molar-refractivity contribution < 1.29 is 23.9 Å². The van der Waals surface area contributed by atoms with Crippen molar-refractivity contribution in [3.05, 3.63) is 64.7 Å². The third-order valence-corrected chi connectivity index (χ3v) is 5.11. The standard InChI is InChI=1S/C22H21NO5/c1-22(2)10-27-21(28-11-22)13-8-6-12(7-9-13)18(24)17-19(25)14-4-3-5-15(23)16(14)20(17)26/h3-9,17,21H,10-11,23H2,1-2H3. The predicted octanol–water partition coefficient (Wildman–Crippen LogP) is 3.22. The fourth-order valence-corrected chi connectivity index (χ4v) is 3.56. The van der Waals surface area contributed by atoms with Crippen LogP contribution in [0.4, 0.5) is 5.69 Å². The van der Waals surface area contributed by atoms with Gasteiger partial charge in [-0.25, -0.2) is 0 Å². The number of nitrogens with two attached hydrogens (primary N) is 1. The van der Waals surface area contributed by atoms with E-state index in [2.05, 4.69) is 13.8 Å². The summed E-state index contributed by atoms with van der Waals surface area (Å²) in [6.45, 7) is 5.27. The lowest BCUT2D eigenvalue weighted by Gasteiger charge is -2.34. The molecule has 0 saturated carbocycles. The summed E-state index contributed by atoms with van der Waals surface area (Å²) in [5.74, 6) is -2.92. The summed E-state index contributed by atoms with van der Waals surface area (Å²) in [6, 6.07) is 11.3. The third kappa shape index (κ3) is 3.04. The van der Waals surface area contributed by atoms with E-state index in [9.17, 15) is 14.4 Å². The van der Waals surface area contributed by atoms with Gasteiger partial charge in [-0.05, 0) is 6.07 Å². The summed E-state index contributed by atoms with van der Waals surface area (Å²) < 4.78 is 11.5. The summed E-state index contributed by atoms with van der Waals surface area (Å²) in [4.78, 5) is 38.1. The lowest BCUT2D eigenvalue weighted by Crippen LogP contribution is -2.33. The molecular weight excluding hydrogens is 358 g/mol. The maximum atomic E-state index is 12.9. The molecule has 28 heavy (non-hydrogen) atoms. The Kier molecular flexibility index (Phi) is 4.40. The molecule has 6 heteroatoms. The van der Waals surface area contributed by atoms with Crippen molar-refractivity contribution in [2.45, 2.75) is 20.1 Å². The molecule has 144 valence electrons. The number of ether oxygens (including phenoxy) is 2. The quantitative estimate of drug-likeness (QED) is 0.500. The van der Waals surface area contributed by atoms with Crippen LogP contribution in [0, 0.1) is 11.3 Å². The molecule has 0 radical (unpaired) electrons. The molecular formula is C22H21NO5. The van der Waals surface area contributed by atoms with Gasteiger partial charge in [0.1, 0.15) is 5.92 Å². The highest BCUT2D eigenvalue weighted by atomic mass is 16.7. The number of rotatable bonds is 3. The minimum atomic E-state index is -1.37. The zero-order valence-corrected chi connectivity index (χ0v) is 15.7. The molecule has 1 saturated heterocycles. The van der Waals surface area contributed by atoms with Crippen molar-refractivity contribution in [1.29, 1.82) is 0 Å². The average Bonchev–Trinajstić information content (AvgIpc) is 2.93. The van der Waals surface area contributed by atoms with Gasteiger partial charge in [0.05, 0.1) is 18.8 Å². The number of Topliss-reactive ketones (excluding diaryl/α,β-unsaturated/α-hetero) is 3. The number of ketones is 3. The molecule has 1 heterocycles. The molecule has 1 fully saturated rings. The van der Waals surface area contributed by atoms with E-state index in [0.29, 0.717) is 13.2 Å². The number of nitrogen functional groups attached to an aromatic ring is 1. The fraction of sp³-hybridized carbons (Fsp3) is 0.318. The largest absolute Gasteiger partial charge is 0.398 e. The summed E-state index contributed by atoms with van der Waals surface area (Å²) in [5, 5.41) is 0. The number of fused-ring (bicyclic) bond motifs is 1. The van der Waals surface area contributed by atoms with Gasteiger partial charge in [0, 0.05) is 27.8 Å². The Morgan fingerprint density at radius 1 is 1.00 bits per heavy atom. The van der Waals surface area contributed by atoms with E-state index < -0.39 is 29.6 Å². The Labute approximate surface area is 162 Å². The lowest BCUT2D eigenvalue weighted by molar-refractivity contribution is -0.226. The van der Waals surface area contributed by atoms with Crippen LogP contribution in [0.15, 0.2) is 42.5 Å². The van der Waals surface area contributed by atoms with Crippen LogP contribution < -0.4 is 5.73 Å². The second-order valence-corrected chi connectivity index (χ2v) is 8.04. The van der Waals surface area contributed by atoms with E-state index in [1.807, 2.05) is 0 Å². The van der Waals surface area contributed by atoms with E-state index in [1.54, 1.807) is 36.4 Å². The lowest BCUT2D eigenvalue weighted by atomic mass is 9.92. The Balaban J connectivity index is 1.54. The molecule has 2 N–H and O–H groups in total. The fourth-order valence-electron chi connectivity index (χ4n) is 3.56. The molecule has 6 nitrogen and oxygen atoms in total. The molecule has 0 aromatic heterocycles. The zero-order chi connectivity index (χ0) is 20.1. The number of anilines is 1. The SMILES string of the molecule is CC1(C)COC(c2ccc(C(=O)C3C(=O)c4cccc(N)c4C3=O)cc2)OC1. The number of hydrogen-bond acceptors (Lipinski definition) is 6. The van der Waals surface area contributed by atoms with Gasteiger partial charge in [-0.15, -0.1) is 0 Å². The zero-order valence-electron chi connectivity index (χ0n) is 15.7. The van der Waals surface area contributed by atoms with Gasteiger partial charge in [-0.2, -0.15) is 0 Å². The molecule has 2 aliphatic rings. The first-order valence-corrected chi connectivity index (χ1v) is 9.13. The van der Waals surface area contributed by atoms with Gasteiger partial charge in [0.2, 0.25) is 0 Å². The predicted molar refractivity (Wildman–Crippen MR) is 102 cm³/mol. The monoisotopic (exact) mass is 379 g/mol. The molecule has 0 bridgehead atoms. The highest BCUT2D eigenvalue weighted by molar-refractivity contribution is 6.39. The van der Waals surface area contributed by atoms with Crippen molar-refractivity contribution in [3.63, 3.8) is 0 Å². The first-order valence-electron chi connectivity index (χ1n) is 9.13. The minimum Gasteiger partial charge on any atom is -0.398 e. The van der Waals surface area contributed by atoms with Crippen LogP contribution >= 0.6 is 0 Å². The normalized spacial score (nSPS) is 21.6. The maximum absolute atomic E-state index is 12.9. The number of benzene rings is 2. The highest BCUT2D eigenvalue weighted by Gasteiger charge is 2.44. The minimum absolute atomic E-state index is 0.0353. The molecule has 1 unspecified atom stereocenters. The topological polar surface area (TPSA) is 95.7 Å². The van der Waals surface area contributed by atoms with Crippen molar-refractivity contribution in [1.82, 2.24) is 0 Å². The van der Waals surface area contributed by atoms with E-state index >= 15 is 0 Å². The van der Waals surface area contributed by atoms with Gasteiger partial charge < -0.3 is 15.2 Å². The molecule has 0 amide bonds. The molecule has 4 rings (SSSR count). The Morgan fingerprint density at radius 3 is 2.25 bits per heavy atom. The van der Waals surface area contributed by atoms with E-state index in [4.69, 9.17) is 15.2 Å². The van der Waals surface area contributed by atoms with Gasteiger partial charge in [0.15, 0.2) is 23.6 Å². The van der Waals surface area contributed by atoms with Gasteiger partial charge in [0.25, 0.3) is 0 Å². The van der Waals surface area contributed by atoms with Crippen molar-refractivity contribution in [3.8, 4) is 0 Å². The van der Waals surface area contributed by atoms with E-state index in [0.717, 1.165) is 5.56 Å². The molecule has 1 aliphatic heterocycles. The van der Waals surface area contributed by atoms with Gasteiger partial charge in [-0.1, -0.05) is 50.2 Å². The summed E-state index contributed by atoms with van der Waals surface area (Å²) >= 11 is 0. The first-order chi connectivity index (χ1) is 13.3. The van der Waals surface area contributed by atoms with Crippen LogP contribution in [0.3, 0.4) is 0 Å². The number of carbonyl (C=O) groups excluding carboxylic acids is 3. The van der Waals surface area contributed by atoms with Crippen LogP contribution in [0.25, 0.3) is 0 Å². The van der Waals surface area contributed by atoms with Gasteiger partial charge in [-0.3, -0.25) is 14.4 Å². The van der Waals surface area contributed by atoms with Crippen LogP contribution in [0.1, 0.15) is 56.8 Å². The molecule has 2 aromatic rings. The molecule has 2 aromatic carbocycles. The first kappa shape index (κ1) is 18.5. The van der Waals surface area contributed by atoms with E-state index in [-0.39, 0.29) is 27.8 Å². The average molecular weight is 379 g/mol. The van der Waals surface area contributed by atoms with Crippen molar-refractivity contribution in [2.75, 3.05) is 18.9 Å². The van der Waals surface area contributed by atoms with Crippen LogP contribution in [-0.4, -0.2) is 30.6 Å². The molecule has 0 spiro atoms. The Morgan fingerprint density at radius 2 is 1.64 bits per heavy atom. The second kappa shape index (κ2) is 6.65. The van der Waals surface area contributed by atoms with E-state index in [1.165, 1.54) is 6.07 Å². The Hall–Kier alpha value is -2.83. The molecule has 1 aliphatic carbocycles. The second-order valence-electron chi connectivity index (χ2n) is 8.04. The maximum Gasteiger partial charge on any atom is 0.184 e. The number of hydrogen-bond donors (Lipinski definition) is 1. The third-order valence-electron chi connectivity index (χ3n) is 5.11. The number of carbonyl (C=O) groups is 3. The summed E-state index contributed by atoms with van der Waals surface area (Å²) in [5.41, 5.74) is 7.45. The van der Waals surface area contributed by atoms with Crippen molar-refractivity contribution >= 4 is 23.0 Å². The smallest absolute Gasteiger partial charge is 0.184 e. The van der Waals surface area contributed by atoms with Crippen molar-refractivity contribution in [2.24, 2.45) is 11.3 Å². The van der Waals surface area contributed by atoms with Crippen LogP contribution in [0.5, 0.6) is 0 Å². The molecule has 1 atom stereocenters. The summed E-state index contributed by atoms with van der Waals surface area (Å²) in [7, 11) is 0. The Bertz CT molecular complexity index is 967. The van der Waals surface area contributed by atoms with Crippen LogP contribution in [0.2, 0.25) is 0 Å².